The van der Waals surface area contributed by atoms with Crippen LogP contribution in [0, 0.1) is 0 Å². The molecule has 0 amide bonds. The van der Waals surface area contributed by atoms with Gasteiger partial charge in [-0.2, -0.15) is 4.98 Å². The fourth-order valence-electron chi connectivity index (χ4n) is 2.85. The van der Waals surface area contributed by atoms with Gasteiger partial charge in [-0.25, -0.2) is 9.55 Å². The summed E-state index contributed by atoms with van der Waals surface area (Å²) in [5, 5.41) is 13.0. The molecule has 28 heavy (non-hydrogen) atoms. The highest BCUT2D eigenvalue weighted by Gasteiger charge is 2.37. The van der Waals surface area contributed by atoms with Crippen LogP contribution in [0.4, 0.5) is 5.95 Å². The second kappa shape index (κ2) is 8.07. The number of hydrogen-bond acceptors (Lipinski definition) is 9. The van der Waals surface area contributed by atoms with Crippen molar-refractivity contribution in [1.82, 2.24) is 19.5 Å². The molecular formula is C14H20N5O8P. The number of nitrogens with zero attached hydrogens (tertiary/aromatic N) is 3. The highest BCUT2D eigenvalue weighted by Crippen LogP contribution is 2.38. The first-order valence-corrected chi connectivity index (χ1v) is 9.91. The second-order valence-electron chi connectivity index (χ2n) is 6.40. The molecule has 154 valence electrons. The zero-order valence-electron chi connectivity index (χ0n) is 14.8. The van der Waals surface area contributed by atoms with Gasteiger partial charge in [-0.1, -0.05) is 0 Å². The predicted octanol–water partition coefficient (Wildman–Crippen LogP) is -0.733. The Morgan fingerprint density at radius 2 is 2.32 bits per heavy atom. The van der Waals surface area contributed by atoms with E-state index < -0.39 is 38.4 Å². The average Bonchev–Trinajstić information content (AvgIpc) is 3.16. The standard InChI is InChI=1S/C14H20N5O8P/c1-7(2-3-20)16-14-17-12-11(13(22)18-14)15-6-19(12)10-4-8(21)9(27-10)5-26-28(23,24)25/h3,6-10,21H,2,4-5H2,1H3,(H2,23,24,25)(H2,16,17,18,22)/t7-,8-,9+,10+/m0/s1. The summed E-state index contributed by atoms with van der Waals surface area (Å²) < 4.78 is 22.3. The van der Waals surface area contributed by atoms with E-state index >= 15 is 0 Å². The number of nitrogens with one attached hydrogen (secondary N) is 2. The van der Waals surface area contributed by atoms with Gasteiger partial charge in [-0.3, -0.25) is 18.9 Å². The Kier molecular flexibility index (Phi) is 5.93. The Hall–Kier alpha value is -2.15. The van der Waals surface area contributed by atoms with Gasteiger partial charge in [0, 0.05) is 18.9 Å². The molecule has 5 N–H and O–H groups in total. The van der Waals surface area contributed by atoms with E-state index in [1.807, 2.05) is 0 Å². The number of carbonyl (C=O) groups is 1. The molecule has 1 aliphatic rings. The number of anilines is 1. The number of fused-ring (bicyclic) bond motifs is 1. The molecule has 1 saturated heterocycles. The molecule has 1 fully saturated rings. The molecule has 0 unspecified atom stereocenters. The number of aliphatic hydroxyl groups is 1. The van der Waals surface area contributed by atoms with Crippen molar-refractivity contribution in [3.63, 3.8) is 0 Å². The predicted molar refractivity (Wildman–Crippen MR) is 94.4 cm³/mol. The first-order valence-electron chi connectivity index (χ1n) is 8.38. The number of hydrogen-bond donors (Lipinski definition) is 5. The number of aromatic nitrogens is 4. The third-order valence-electron chi connectivity index (χ3n) is 4.19. The van der Waals surface area contributed by atoms with Gasteiger partial charge >= 0.3 is 7.82 Å². The highest BCUT2D eigenvalue weighted by molar-refractivity contribution is 7.46. The van der Waals surface area contributed by atoms with Gasteiger partial charge in [0.25, 0.3) is 5.56 Å². The topological polar surface area (TPSA) is 189 Å². The van der Waals surface area contributed by atoms with Gasteiger partial charge in [-0.15, -0.1) is 0 Å². The smallest absolute Gasteiger partial charge is 0.390 e. The van der Waals surface area contributed by atoms with Crippen molar-refractivity contribution < 1.29 is 33.5 Å². The Labute approximate surface area is 158 Å². The number of rotatable bonds is 8. The molecule has 0 radical (unpaired) electrons. The first kappa shape index (κ1) is 20.6. The van der Waals surface area contributed by atoms with E-state index in [-0.39, 0.29) is 36.0 Å². The van der Waals surface area contributed by atoms with Crippen molar-refractivity contribution in [1.29, 1.82) is 0 Å². The number of phosphoric acid groups is 1. The van der Waals surface area contributed by atoms with Gasteiger partial charge in [0.05, 0.1) is 19.0 Å². The van der Waals surface area contributed by atoms with Crippen LogP contribution in [-0.4, -0.2) is 65.6 Å². The minimum absolute atomic E-state index is 0.0570. The lowest BCUT2D eigenvalue weighted by Crippen LogP contribution is -2.26. The zero-order valence-corrected chi connectivity index (χ0v) is 15.7. The molecule has 3 rings (SSSR count). The summed E-state index contributed by atoms with van der Waals surface area (Å²) in [6, 6.07) is -0.256. The Morgan fingerprint density at radius 3 is 3.00 bits per heavy atom. The van der Waals surface area contributed by atoms with Crippen molar-refractivity contribution in [2.24, 2.45) is 0 Å². The molecule has 0 saturated carbocycles. The third kappa shape index (κ3) is 4.63. The van der Waals surface area contributed by atoms with E-state index in [9.17, 15) is 19.3 Å². The minimum atomic E-state index is -4.70. The SMILES string of the molecule is C[C@@H](CC=O)Nc1nc2c(ncn2[C@H]2C[C@H](O)[C@@H](COP(=O)(O)O)O2)c(=O)[nH]1. The van der Waals surface area contributed by atoms with E-state index in [0.29, 0.717) is 0 Å². The molecule has 14 heteroatoms. The lowest BCUT2D eigenvalue weighted by atomic mass is 10.2. The van der Waals surface area contributed by atoms with E-state index in [0.717, 1.165) is 6.29 Å². The van der Waals surface area contributed by atoms with Gasteiger partial charge in [0.2, 0.25) is 5.95 Å². The summed E-state index contributed by atoms with van der Waals surface area (Å²) in [4.78, 5) is 51.2. The van der Waals surface area contributed by atoms with Crippen molar-refractivity contribution >= 4 is 31.2 Å². The summed E-state index contributed by atoms with van der Waals surface area (Å²) >= 11 is 0. The number of aliphatic hydroxyl groups excluding tert-OH is 1. The molecule has 3 heterocycles. The molecule has 4 atom stereocenters. The van der Waals surface area contributed by atoms with Gasteiger partial charge < -0.3 is 29.7 Å². The van der Waals surface area contributed by atoms with Crippen LogP contribution in [0.5, 0.6) is 0 Å². The summed E-state index contributed by atoms with van der Waals surface area (Å²) in [7, 11) is -4.70. The van der Waals surface area contributed by atoms with Crippen LogP contribution < -0.4 is 10.9 Å². The largest absolute Gasteiger partial charge is 0.469 e. The summed E-state index contributed by atoms with van der Waals surface area (Å²) in [6.45, 7) is 1.25. The average molecular weight is 417 g/mol. The number of phosphoric ester groups is 1. The minimum Gasteiger partial charge on any atom is -0.390 e. The molecule has 1 aliphatic heterocycles. The maximum Gasteiger partial charge on any atom is 0.469 e. The van der Waals surface area contributed by atoms with Crippen LogP contribution in [0.1, 0.15) is 26.0 Å². The Bertz CT molecular complexity index is 955. The molecule has 0 aromatic carbocycles. The summed E-state index contributed by atoms with van der Waals surface area (Å²) in [6.07, 6.45) is -0.399. The summed E-state index contributed by atoms with van der Waals surface area (Å²) in [5.74, 6) is 0.147. The van der Waals surface area contributed by atoms with Crippen LogP contribution >= 0.6 is 7.82 Å². The summed E-state index contributed by atoms with van der Waals surface area (Å²) in [5.41, 5.74) is -0.246. The fourth-order valence-corrected chi connectivity index (χ4v) is 3.19. The van der Waals surface area contributed by atoms with Crippen molar-refractivity contribution in [3.05, 3.63) is 16.7 Å². The zero-order chi connectivity index (χ0) is 20.5. The maximum absolute atomic E-state index is 12.2. The van der Waals surface area contributed by atoms with Crippen molar-refractivity contribution in [2.75, 3.05) is 11.9 Å². The molecule has 0 spiro atoms. The van der Waals surface area contributed by atoms with E-state index in [2.05, 4.69) is 24.8 Å². The first-order chi connectivity index (χ1) is 13.2. The molecule has 13 nitrogen and oxygen atoms in total. The Morgan fingerprint density at radius 1 is 1.57 bits per heavy atom. The molecule has 0 bridgehead atoms. The number of H-pyrrole nitrogens is 1. The lowest BCUT2D eigenvalue weighted by Gasteiger charge is -2.16. The Balaban J connectivity index is 1.83. The number of aldehydes is 1. The van der Waals surface area contributed by atoms with Crippen LogP contribution in [-0.2, 0) is 18.6 Å². The molecule has 2 aromatic heterocycles. The van der Waals surface area contributed by atoms with Gasteiger partial charge in [-0.05, 0) is 6.92 Å². The van der Waals surface area contributed by atoms with Gasteiger partial charge in [0.1, 0.15) is 18.6 Å². The van der Waals surface area contributed by atoms with E-state index in [4.69, 9.17) is 14.5 Å². The maximum atomic E-state index is 12.2. The molecule has 2 aromatic rings. The number of ether oxygens (including phenoxy) is 1. The van der Waals surface area contributed by atoms with Crippen LogP contribution in [0.3, 0.4) is 0 Å². The monoisotopic (exact) mass is 417 g/mol. The molecular weight excluding hydrogens is 397 g/mol. The number of aromatic amines is 1. The van der Waals surface area contributed by atoms with Crippen LogP contribution in [0.2, 0.25) is 0 Å². The third-order valence-corrected chi connectivity index (χ3v) is 4.67. The van der Waals surface area contributed by atoms with Crippen molar-refractivity contribution in [2.45, 2.75) is 44.2 Å². The van der Waals surface area contributed by atoms with Crippen LogP contribution in [0.15, 0.2) is 11.1 Å². The highest BCUT2D eigenvalue weighted by atomic mass is 31.2. The molecule has 0 aliphatic carbocycles. The number of carbonyl (C=O) groups excluding carboxylic acids is 1. The van der Waals surface area contributed by atoms with Crippen LogP contribution in [0.25, 0.3) is 11.2 Å². The fraction of sp³-hybridized carbons (Fsp3) is 0.571. The van der Waals surface area contributed by atoms with Crippen molar-refractivity contribution in [3.8, 4) is 0 Å². The number of imidazole rings is 1. The quantitative estimate of drug-likeness (QED) is 0.269. The van der Waals surface area contributed by atoms with Gasteiger partial charge in [0.15, 0.2) is 11.2 Å². The normalized spacial score (nSPS) is 23.8. The lowest BCUT2D eigenvalue weighted by molar-refractivity contribution is -0.108. The van der Waals surface area contributed by atoms with E-state index in [1.54, 1.807) is 6.92 Å². The second-order valence-corrected chi connectivity index (χ2v) is 7.64. The van der Waals surface area contributed by atoms with E-state index in [1.165, 1.54) is 10.9 Å².